The highest BCUT2D eigenvalue weighted by molar-refractivity contribution is 5.67. The van der Waals surface area contributed by atoms with Crippen LogP contribution in [-0.4, -0.2) is 27.2 Å². The molecule has 2 aromatic rings. The Bertz CT molecular complexity index is 532. The van der Waals surface area contributed by atoms with Crippen molar-refractivity contribution in [3.63, 3.8) is 0 Å². The van der Waals surface area contributed by atoms with Gasteiger partial charge in [-0.3, -0.25) is 0 Å². The molecule has 0 saturated heterocycles. The van der Waals surface area contributed by atoms with Gasteiger partial charge < -0.3 is 11.1 Å². The first-order valence-corrected chi connectivity index (χ1v) is 6.95. The molecule has 0 saturated carbocycles. The quantitative estimate of drug-likeness (QED) is 0.837. The lowest BCUT2D eigenvalue weighted by Crippen LogP contribution is -2.22. The van der Waals surface area contributed by atoms with Crippen molar-refractivity contribution in [2.45, 2.75) is 45.6 Å². The molecule has 0 aromatic carbocycles. The molecule has 0 fully saturated rings. The van der Waals surface area contributed by atoms with Crippen molar-refractivity contribution in [2.75, 3.05) is 11.9 Å². The molecule has 104 valence electrons. The first-order chi connectivity index (χ1) is 9.11. The first-order valence-electron chi connectivity index (χ1n) is 6.95. The minimum Gasteiger partial charge on any atom is -0.368 e. The molecule has 0 aliphatic rings. The van der Waals surface area contributed by atoms with E-state index in [4.69, 9.17) is 5.73 Å². The number of nitrogens with zero attached hydrogens (tertiary/aromatic N) is 3. The van der Waals surface area contributed by atoms with Gasteiger partial charge in [0.1, 0.15) is 5.52 Å². The van der Waals surface area contributed by atoms with Gasteiger partial charge in [-0.05, 0) is 24.8 Å². The van der Waals surface area contributed by atoms with E-state index in [1.807, 2.05) is 10.7 Å². The topological polar surface area (TPSA) is 68.2 Å². The molecule has 0 bridgehead atoms. The van der Waals surface area contributed by atoms with Crippen molar-refractivity contribution in [3.05, 3.63) is 24.2 Å². The summed E-state index contributed by atoms with van der Waals surface area (Å²) in [6, 6.07) is 2.35. The predicted octanol–water partition coefficient (Wildman–Crippen LogP) is 2.39. The van der Waals surface area contributed by atoms with Crippen LogP contribution in [-0.2, 0) is 0 Å². The Balaban J connectivity index is 2.14. The molecule has 2 heterocycles. The highest BCUT2D eigenvalue weighted by atomic mass is 15.2. The lowest BCUT2D eigenvalue weighted by molar-refractivity contribution is 0.613. The Labute approximate surface area is 114 Å². The molecular weight excluding hydrogens is 238 g/mol. The second-order valence-electron chi connectivity index (χ2n) is 5.21. The number of hydrogen-bond acceptors (Lipinski definition) is 4. The van der Waals surface area contributed by atoms with Gasteiger partial charge in [0.15, 0.2) is 5.82 Å². The largest absolute Gasteiger partial charge is 0.368 e. The van der Waals surface area contributed by atoms with Gasteiger partial charge in [0.25, 0.3) is 0 Å². The zero-order valence-electron chi connectivity index (χ0n) is 11.9. The van der Waals surface area contributed by atoms with Crippen molar-refractivity contribution in [3.8, 4) is 0 Å². The molecule has 0 spiro atoms. The van der Waals surface area contributed by atoms with Crippen LogP contribution in [0.3, 0.4) is 0 Å². The van der Waals surface area contributed by atoms with E-state index in [0.29, 0.717) is 5.92 Å². The normalized spacial score (nSPS) is 13.1. The third kappa shape index (κ3) is 3.23. The van der Waals surface area contributed by atoms with E-state index in [9.17, 15) is 0 Å². The molecular formula is C14H23N5. The van der Waals surface area contributed by atoms with Crippen molar-refractivity contribution < 1.29 is 0 Å². The van der Waals surface area contributed by atoms with Crippen LogP contribution in [0.25, 0.3) is 5.52 Å². The maximum atomic E-state index is 5.92. The zero-order valence-corrected chi connectivity index (χ0v) is 11.9. The second-order valence-corrected chi connectivity index (χ2v) is 5.21. The molecule has 0 radical (unpaired) electrons. The number of nitrogens with one attached hydrogen (secondary N) is 1. The Morgan fingerprint density at radius 3 is 2.89 bits per heavy atom. The molecule has 2 aromatic heterocycles. The van der Waals surface area contributed by atoms with Gasteiger partial charge in [-0.25, -0.2) is 9.50 Å². The third-order valence-corrected chi connectivity index (χ3v) is 3.33. The smallest absolute Gasteiger partial charge is 0.152 e. The molecule has 5 heteroatoms. The molecule has 3 N–H and O–H groups in total. The molecule has 2 rings (SSSR count). The van der Waals surface area contributed by atoms with Gasteiger partial charge in [0.05, 0.1) is 5.69 Å². The SMILES string of the molecule is CCC(N)CCNc1nccn2nc(C(C)C)cc12. The summed E-state index contributed by atoms with van der Waals surface area (Å²) < 4.78 is 1.88. The standard InChI is InChI=1S/C14H23N5/c1-4-11(15)5-6-16-14-13-9-12(10(2)3)18-19(13)8-7-17-14/h7-11H,4-6,15H2,1-3H3,(H,16,17). The van der Waals surface area contributed by atoms with Crippen LogP contribution in [0.5, 0.6) is 0 Å². The average molecular weight is 261 g/mol. The van der Waals surface area contributed by atoms with Crippen LogP contribution in [0.4, 0.5) is 5.82 Å². The highest BCUT2D eigenvalue weighted by Crippen LogP contribution is 2.19. The van der Waals surface area contributed by atoms with Gasteiger partial charge >= 0.3 is 0 Å². The number of nitrogens with two attached hydrogens (primary N) is 1. The number of fused-ring (bicyclic) bond motifs is 1. The summed E-state index contributed by atoms with van der Waals surface area (Å²) in [6.07, 6.45) is 5.60. The van der Waals surface area contributed by atoms with E-state index in [0.717, 1.165) is 36.4 Å². The van der Waals surface area contributed by atoms with E-state index < -0.39 is 0 Å². The Hall–Kier alpha value is -1.62. The monoisotopic (exact) mass is 261 g/mol. The summed E-state index contributed by atoms with van der Waals surface area (Å²) in [4.78, 5) is 4.39. The van der Waals surface area contributed by atoms with Crippen molar-refractivity contribution >= 4 is 11.3 Å². The van der Waals surface area contributed by atoms with Crippen molar-refractivity contribution in [1.82, 2.24) is 14.6 Å². The van der Waals surface area contributed by atoms with Gasteiger partial charge in [0.2, 0.25) is 0 Å². The zero-order chi connectivity index (χ0) is 13.8. The lowest BCUT2D eigenvalue weighted by atomic mass is 10.1. The second kappa shape index (κ2) is 6.02. The lowest BCUT2D eigenvalue weighted by Gasteiger charge is -2.10. The van der Waals surface area contributed by atoms with Crippen molar-refractivity contribution in [2.24, 2.45) is 5.73 Å². The molecule has 0 aliphatic heterocycles. The fraction of sp³-hybridized carbons (Fsp3) is 0.571. The Morgan fingerprint density at radius 2 is 2.21 bits per heavy atom. The first kappa shape index (κ1) is 13.8. The number of hydrogen-bond donors (Lipinski definition) is 2. The molecule has 0 amide bonds. The van der Waals surface area contributed by atoms with Gasteiger partial charge in [-0.1, -0.05) is 20.8 Å². The van der Waals surface area contributed by atoms with Crippen LogP contribution >= 0.6 is 0 Å². The summed E-state index contributed by atoms with van der Waals surface area (Å²) in [5.41, 5.74) is 8.02. The van der Waals surface area contributed by atoms with Crippen LogP contribution in [0.1, 0.15) is 45.2 Å². The van der Waals surface area contributed by atoms with Gasteiger partial charge in [-0.2, -0.15) is 5.10 Å². The van der Waals surface area contributed by atoms with E-state index in [1.165, 1.54) is 0 Å². The predicted molar refractivity (Wildman–Crippen MR) is 78.4 cm³/mol. The van der Waals surface area contributed by atoms with Gasteiger partial charge in [0, 0.05) is 25.0 Å². The number of rotatable bonds is 6. The van der Waals surface area contributed by atoms with Crippen LogP contribution < -0.4 is 11.1 Å². The molecule has 5 nitrogen and oxygen atoms in total. The fourth-order valence-electron chi connectivity index (χ4n) is 1.94. The van der Waals surface area contributed by atoms with Crippen molar-refractivity contribution in [1.29, 1.82) is 0 Å². The van der Waals surface area contributed by atoms with Crippen LogP contribution in [0.2, 0.25) is 0 Å². The van der Waals surface area contributed by atoms with Crippen LogP contribution in [0, 0.1) is 0 Å². The summed E-state index contributed by atoms with van der Waals surface area (Å²) in [6.45, 7) is 7.23. The highest BCUT2D eigenvalue weighted by Gasteiger charge is 2.09. The van der Waals surface area contributed by atoms with E-state index in [2.05, 4.69) is 42.2 Å². The maximum absolute atomic E-state index is 5.92. The summed E-state index contributed by atoms with van der Waals surface area (Å²) in [5, 5.41) is 7.90. The summed E-state index contributed by atoms with van der Waals surface area (Å²) in [5.74, 6) is 1.30. The number of anilines is 1. The summed E-state index contributed by atoms with van der Waals surface area (Å²) in [7, 11) is 0. The molecule has 1 unspecified atom stereocenters. The van der Waals surface area contributed by atoms with E-state index in [1.54, 1.807) is 6.20 Å². The van der Waals surface area contributed by atoms with E-state index in [-0.39, 0.29) is 6.04 Å². The third-order valence-electron chi connectivity index (χ3n) is 3.33. The molecule has 0 aliphatic carbocycles. The Kier molecular flexibility index (Phi) is 4.37. The fourth-order valence-corrected chi connectivity index (χ4v) is 1.94. The maximum Gasteiger partial charge on any atom is 0.152 e. The molecule has 19 heavy (non-hydrogen) atoms. The molecule has 1 atom stereocenters. The summed E-state index contributed by atoms with van der Waals surface area (Å²) >= 11 is 0. The average Bonchev–Trinajstić information content (AvgIpc) is 2.83. The van der Waals surface area contributed by atoms with Crippen LogP contribution in [0.15, 0.2) is 18.5 Å². The minimum atomic E-state index is 0.253. The van der Waals surface area contributed by atoms with E-state index >= 15 is 0 Å². The number of aromatic nitrogens is 3. The van der Waals surface area contributed by atoms with Gasteiger partial charge in [-0.15, -0.1) is 0 Å². The Morgan fingerprint density at radius 1 is 1.42 bits per heavy atom. The minimum absolute atomic E-state index is 0.253.